The first-order valence-electron chi connectivity index (χ1n) is 6.64. The maximum Gasteiger partial charge on any atom is 0.257 e. The van der Waals surface area contributed by atoms with E-state index >= 15 is 0 Å². The number of carbonyl (C=O) groups excluding carboxylic acids is 1. The van der Waals surface area contributed by atoms with Crippen LogP contribution in [-0.4, -0.2) is 30.3 Å². The Morgan fingerprint density at radius 3 is 2.84 bits per heavy atom. The van der Waals surface area contributed by atoms with Crippen LogP contribution in [0, 0.1) is 13.8 Å². The molecule has 0 saturated heterocycles. The van der Waals surface area contributed by atoms with Gasteiger partial charge in [-0.15, -0.1) is 0 Å². The molecule has 1 atom stereocenters. The molecule has 0 radical (unpaired) electrons. The second kappa shape index (κ2) is 7.79. The van der Waals surface area contributed by atoms with Gasteiger partial charge < -0.3 is 15.2 Å². The van der Waals surface area contributed by atoms with E-state index in [-0.39, 0.29) is 18.6 Å². The molecule has 106 valence electrons. The van der Waals surface area contributed by atoms with Crippen molar-refractivity contribution in [1.29, 1.82) is 0 Å². The summed E-state index contributed by atoms with van der Waals surface area (Å²) >= 11 is 0. The number of hydrogen-bond acceptors (Lipinski definition) is 3. The quantitative estimate of drug-likeness (QED) is 0.741. The highest BCUT2D eigenvalue weighted by atomic mass is 16.5. The predicted molar refractivity (Wildman–Crippen MR) is 75.3 cm³/mol. The number of hydrogen-bond donors (Lipinski definition) is 2. The van der Waals surface area contributed by atoms with E-state index in [0.29, 0.717) is 13.0 Å². The van der Waals surface area contributed by atoms with E-state index in [2.05, 4.69) is 5.32 Å². The summed E-state index contributed by atoms with van der Waals surface area (Å²) in [5.41, 5.74) is 2.21. The van der Waals surface area contributed by atoms with Crippen LogP contribution < -0.4 is 10.1 Å². The number of aliphatic hydroxyl groups excluding tert-OH is 1. The second-order valence-electron chi connectivity index (χ2n) is 4.83. The molecule has 0 saturated carbocycles. The van der Waals surface area contributed by atoms with E-state index in [1.807, 2.05) is 32.0 Å². The lowest BCUT2D eigenvalue weighted by Gasteiger charge is -2.11. The van der Waals surface area contributed by atoms with Gasteiger partial charge in [0, 0.05) is 6.54 Å². The van der Waals surface area contributed by atoms with Crippen LogP contribution in [0.25, 0.3) is 0 Å². The normalized spacial score (nSPS) is 12.0. The zero-order valence-electron chi connectivity index (χ0n) is 11.9. The Hall–Kier alpha value is -1.55. The van der Waals surface area contributed by atoms with Crippen molar-refractivity contribution in [3.8, 4) is 5.75 Å². The van der Waals surface area contributed by atoms with E-state index in [0.717, 1.165) is 23.3 Å². The SMILES string of the molecule is Cc1cccc(OCC(=O)NCCCC(C)O)c1C. The van der Waals surface area contributed by atoms with Crippen LogP contribution in [0.2, 0.25) is 0 Å². The van der Waals surface area contributed by atoms with Gasteiger partial charge in [-0.2, -0.15) is 0 Å². The molecule has 1 aromatic rings. The monoisotopic (exact) mass is 265 g/mol. The van der Waals surface area contributed by atoms with Crippen LogP contribution in [0.3, 0.4) is 0 Å². The highest BCUT2D eigenvalue weighted by Gasteiger charge is 2.05. The van der Waals surface area contributed by atoms with Crippen LogP contribution in [0.15, 0.2) is 18.2 Å². The Bertz CT molecular complexity index is 416. The zero-order chi connectivity index (χ0) is 14.3. The van der Waals surface area contributed by atoms with Gasteiger partial charge in [0.25, 0.3) is 5.91 Å². The van der Waals surface area contributed by atoms with Crippen LogP contribution in [0.4, 0.5) is 0 Å². The highest BCUT2D eigenvalue weighted by molar-refractivity contribution is 5.77. The summed E-state index contributed by atoms with van der Waals surface area (Å²) in [5.74, 6) is 0.616. The van der Waals surface area contributed by atoms with E-state index in [1.165, 1.54) is 0 Å². The summed E-state index contributed by atoms with van der Waals surface area (Å²) < 4.78 is 5.50. The standard InChI is InChI=1S/C15H23NO3/c1-11-6-4-8-14(13(11)3)19-10-15(18)16-9-5-7-12(2)17/h4,6,8,12,17H,5,7,9-10H2,1-3H3,(H,16,18). The average molecular weight is 265 g/mol. The van der Waals surface area contributed by atoms with Gasteiger partial charge in [0.1, 0.15) is 5.75 Å². The van der Waals surface area contributed by atoms with Crippen molar-refractivity contribution in [2.45, 2.75) is 39.7 Å². The maximum absolute atomic E-state index is 11.6. The molecule has 0 spiro atoms. The third-order valence-corrected chi connectivity index (χ3v) is 3.03. The summed E-state index contributed by atoms with van der Waals surface area (Å²) in [6, 6.07) is 5.79. The number of carbonyl (C=O) groups is 1. The number of ether oxygens (including phenoxy) is 1. The molecule has 0 aliphatic carbocycles. The lowest BCUT2D eigenvalue weighted by Crippen LogP contribution is -2.30. The van der Waals surface area contributed by atoms with Crippen molar-refractivity contribution in [2.75, 3.05) is 13.2 Å². The average Bonchev–Trinajstić information content (AvgIpc) is 2.36. The van der Waals surface area contributed by atoms with Gasteiger partial charge >= 0.3 is 0 Å². The van der Waals surface area contributed by atoms with Crippen molar-refractivity contribution in [1.82, 2.24) is 5.32 Å². The molecular formula is C15H23NO3. The van der Waals surface area contributed by atoms with Crippen LogP contribution >= 0.6 is 0 Å². The third-order valence-electron chi connectivity index (χ3n) is 3.03. The molecular weight excluding hydrogens is 242 g/mol. The number of nitrogens with one attached hydrogen (secondary N) is 1. The predicted octanol–water partition coefficient (Wildman–Crippen LogP) is 1.96. The Balaban J connectivity index is 2.28. The minimum atomic E-state index is -0.317. The van der Waals surface area contributed by atoms with Gasteiger partial charge in [-0.3, -0.25) is 4.79 Å². The zero-order valence-corrected chi connectivity index (χ0v) is 11.9. The van der Waals surface area contributed by atoms with Crippen molar-refractivity contribution in [2.24, 2.45) is 0 Å². The molecule has 1 unspecified atom stereocenters. The molecule has 4 nitrogen and oxygen atoms in total. The second-order valence-corrected chi connectivity index (χ2v) is 4.83. The molecule has 0 heterocycles. The first-order chi connectivity index (χ1) is 9.00. The van der Waals surface area contributed by atoms with Crippen molar-refractivity contribution < 1.29 is 14.6 Å². The van der Waals surface area contributed by atoms with E-state index < -0.39 is 0 Å². The van der Waals surface area contributed by atoms with Crippen molar-refractivity contribution in [3.63, 3.8) is 0 Å². The number of rotatable bonds is 7. The fourth-order valence-corrected chi connectivity index (χ4v) is 1.70. The molecule has 1 aromatic carbocycles. The van der Waals surface area contributed by atoms with E-state index in [9.17, 15) is 4.79 Å². The molecule has 4 heteroatoms. The van der Waals surface area contributed by atoms with Gasteiger partial charge in [-0.05, 0) is 50.8 Å². The molecule has 0 aromatic heterocycles. The van der Waals surface area contributed by atoms with Crippen molar-refractivity contribution in [3.05, 3.63) is 29.3 Å². The largest absolute Gasteiger partial charge is 0.483 e. The number of amides is 1. The van der Waals surface area contributed by atoms with Crippen molar-refractivity contribution >= 4 is 5.91 Å². The summed E-state index contributed by atoms with van der Waals surface area (Å²) in [6.07, 6.45) is 1.15. The Morgan fingerprint density at radius 2 is 2.16 bits per heavy atom. The smallest absolute Gasteiger partial charge is 0.257 e. The van der Waals surface area contributed by atoms with Gasteiger partial charge in [-0.25, -0.2) is 0 Å². The maximum atomic E-state index is 11.6. The third kappa shape index (κ3) is 5.75. The molecule has 1 rings (SSSR count). The number of aliphatic hydroxyl groups is 1. The topological polar surface area (TPSA) is 58.6 Å². The van der Waals surface area contributed by atoms with Gasteiger partial charge in [0.05, 0.1) is 6.10 Å². The first kappa shape index (κ1) is 15.5. The molecule has 1 amide bonds. The highest BCUT2D eigenvalue weighted by Crippen LogP contribution is 2.20. The fraction of sp³-hybridized carbons (Fsp3) is 0.533. The van der Waals surface area contributed by atoms with Crippen LogP contribution in [0.1, 0.15) is 30.9 Å². The number of aryl methyl sites for hydroxylation is 1. The minimum Gasteiger partial charge on any atom is -0.483 e. The molecule has 0 aliphatic rings. The molecule has 0 fully saturated rings. The van der Waals surface area contributed by atoms with Crippen LogP contribution in [-0.2, 0) is 4.79 Å². The summed E-state index contributed by atoms with van der Waals surface area (Å²) in [6.45, 7) is 6.33. The molecule has 0 bridgehead atoms. The Labute approximate surface area is 114 Å². The summed E-state index contributed by atoms with van der Waals surface area (Å²) in [7, 11) is 0. The van der Waals surface area contributed by atoms with Gasteiger partial charge in [0.2, 0.25) is 0 Å². The Morgan fingerprint density at radius 1 is 1.42 bits per heavy atom. The molecule has 2 N–H and O–H groups in total. The minimum absolute atomic E-state index is 0.0268. The Kier molecular flexibility index (Phi) is 6.36. The molecule has 0 aliphatic heterocycles. The summed E-state index contributed by atoms with van der Waals surface area (Å²) in [5, 5.41) is 11.9. The lowest BCUT2D eigenvalue weighted by molar-refractivity contribution is -0.123. The van der Waals surface area contributed by atoms with Crippen LogP contribution in [0.5, 0.6) is 5.75 Å². The van der Waals surface area contributed by atoms with Gasteiger partial charge in [0.15, 0.2) is 6.61 Å². The van der Waals surface area contributed by atoms with E-state index in [4.69, 9.17) is 9.84 Å². The number of benzene rings is 1. The fourth-order valence-electron chi connectivity index (χ4n) is 1.70. The first-order valence-corrected chi connectivity index (χ1v) is 6.64. The summed E-state index contributed by atoms with van der Waals surface area (Å²) in [4.78, 5) is 11.6. The lowest BCUT2D eigenvalue weighted by atomic mass is 10.1. The van der Waals surface area contributed by atoms with Gasteiger partial charge in [-0.1, -0.05) is 12.1 Å². The molecule has 19 heavy (non-hydrogen) atoms. The van der Waals surface area contributed by atoms with E-state index in [1.54, 1.807) is 6.92 Å².